The molecule has 190 valence electrons. The quantitative estimate of drug-likeness (QED) is 0.234. The molecule has 3 aliphatic carbocycles. The first-order valence-corrected chi connectivity index (χ1v) is 15.2. The van der Waals surface area contributed by atoms with E-state index < -0.39 is 0 Å². The summed E-state index contributed by atoms with van der Waals surface area (Å²) in [7, 11) is 0. The highest BCUT2D eigenvalue weighted by Gasteiger charge is 2.31. The molecule has 0 aliphatic heterocycles. The molecule has 1 aromatic rings. The molecule has 2 unspecified atom stereocenters. The molecule has 2 atom stereocenters. The van der Waals surface area contributed by atoms with Crippen LogP contribution >= 0.6 is 0 Å². The summed E-state index contributed by atoms with van der Waals surface area (Å²) in [6.07, 6.45) is 27.6. The second kappa shape index (κ2) is 13.7. The Morgan fingerprint density at radius 2 is 1.29 bits per heavy atom. The van der Waals surface area contributed by atoms with Crippen LogP contribution < -0.4 is 4.74 Å². The van der Waals surface area contributed by atoms with Crippen LogP contribution in [-0.2, 0) is 0 Å². The summed E-state index contributed by atoms with van der Waals surface area (Å²) in [5, 5.41) is 0. The molecule has 0 heterocycles. The number of hydrogen-bond donors (Lipinski definition) is 0. The summed E-state index contributed by atoms with van der Waals surface area (Å²) >= 11 is 0. The van der Waals surface area contributed by atoms with Crippen molar-refractivity contribution in [1.82, 2.24) is 0 Å². The third-order valence-corrected chi connectivity index (χ3v) is 9.58. The molecule has 2 fully saturated rings. The fraction of sp³-hybridized carbons (Fsp3) is 0.758. The Balaban J connectivity index is 1.15. The van der Waals surface area contributed by atoms with E-state index >= 15 is 0 Å². The molecular weight excluding hydrogens is 412 g/mol. The van der Waals surface area contributed by atoms with Crippen molar-refractivity contribution in [2.24, 2.45) is 29.6 Å². The molecule has 0 aromatic heterocycles. The number of unbranched alkanes of at least 4 members (excludes halogenated alkanes) is 2. The standard InChI is InChI=1S/C33H52O/c1-3-5-6-8-27-9-11-28(12-10-27)25-34-33-23-21-32(22-24-33)31-19-17-30(18-20-31)29-15-13-26(7-4-2)14-16-29/h9,11,21-24,26-31H,3-8,10,12-20,25H2,1-2H3. The molecule has 2 saturated carbocycles. The zero-order chi connectivity index (χ0) is 23.6. The molecule has 3 aliphatic rings. The van der Waals surface area contributed by atoms with E-state index in [9.17, 15) is 0 Å². The third-order valence-electron chi connectivity index (χ3n) is 9.58. The van der Waals surface area contributed by atoms with Gasteiger partial charge in [-0.3, -0.25) is 0 Å². The number of benzene rings is 1. The predicted molar refractivity (Wildman–Crippen MR) is 146 cm³/mol. The van der Waals surface area contributed by atoms with Gasteiger partial charge < -0.3 is 4.74 Å². The number of rotatable bonds is 11. The Morgan fingerprint density at radius 3 is 1.91 bits per heavy atom. The van der Waals surface area contributed by atoms with Crippen LogP contribution in [0.15, 0.2) is 36.4 Å². The normalized spacial score (nSPS) is 31.9. The first-order chi connectivity index (χ1) is 16.7. The fourth-order valence-corrected chi connectivity index (χ4v) is 7.29. The molecule has 0 radical (unpaired) electrons. The molecule has 1 aromatic carbocycles. The molecule has 0 amide bonds. The van der Waals surface area contributed by atoms with Crippen molar-refractivity contribution in [3.63, 3.8) is 0 Å². The van der Waals surface area contributed by atoms with Crippen LogP contribution in [0.3, 0.4) is 0 Å². The minimum atomic E-state index is 0.592. The predicted octanol–water partition coefficient (Wildman–Crippen LogP) is 10.1. The van der Waals surface area contributed by atoms with Gasteiger partial charge in [-0.15, -0.1) is 0 Å². The molecule has 0 N–H and O–H groups in total. The number of allylic oxidation sites excluding steroid dienone is 1. The minimum Gasteiger partial charge on any atom is -0.493 e. The summed E-state index contributed by atoms with van der Waals surface area (Å²) < 4.78 is 6.19. The van der Waals surface area contributed by atoms with Gasteiger partial charge in [0.05, 0.1) is 6.61 Å². The molecule has 1 nitrogen and oxygen atoms in total. The van der Waals surface area contributed by atoms with Crippen LogP contribution in [-0.4, -0.2) is 6.61 Å². The maximum atomic E-state index is 6.19. The Kier molecular flexibility index (Phi) is 10.4. The van der Waals surface area contributed by atoms with Gasteiger partial charge in [0, 0.05) is 5.92 Å². The summed E-state index contributed by atoms with van der Waals surface area (Å²) in [5.41, 5.74) is 1.55. The van der Waals surface area contributed by atoms with Gasteiger partial charge in [0.2, 0.25) is 0 Å². The van der Waals surface area contributed by atoms with Crippen molar-refractivity contribution in [2.75, 3.05) is 6.61 Å². The van der Waals surface area contributed by atoms with Crippen molar-refractivity contribution >= 4 is 0 Å². The van der Waals surface area contributed by atoms with Gasteiger partial charge in [-0.2, -0.15) is 0 Å². The van der Waals surface area contributed by atoms with Crippen LogP contribution in [0.4, 0.5) is 0 Å². The SMILES string of the molecule is CCCCCC1C=CC(COc2ccc(C3CCC(C4CCC(CCC)CC4)CC3)cc2)CC1. The molecule has 34 heavy (non-hydrogen) atoms. The molecular formula is C33H52O. The van der Waals surface area contributed by atoms with Crippen LogP contribution in [0.1, 0.15) is 128 Å². The Bertz CT molecular complexity index is 703. The zero-order valence-corrected chi connectivity index (χ0v) is 22.4. The summed E-state index contributed by atoms with van der Waals surface area (Å²) in [4.78, 5) is 0. The van der Waals surface area contributed by atoms with E-state index in [-0.39, 0.29) is 0 Å². The summed E-state index contributed by atoms with van der Waals surface area (Å²) in [6, 6.07) is 9.18. The van der Waals surface area contributed by atoms with E-state index in [1.165, 1.54) is 103 Å². The van der Waals surface area contributed by atoms with Gasteiger partial charge in [-0.25, -0.2) is 0 Å². The van der Waals surface area contributed by atoms with E-state index in [2.05, 4.69) is 50.3 Å². The largest absolute Gasteiger partial charge is 0.493 e. The van der Waals surface area contributed by atoms with Crippen LogP contribution in [0, 0.1) is 29.6 Å². The van der Waals surface area contributed by atoms with Crippen LogP contribution in [0.5, 0.6) is 5.75 Å². The Labute approximate surface area is 211 Å². The lowest BCUT2D eigenvalue weighted by atomic mass is 9.68. The second-order valence-corrected chi connectivity index (χ2v) is 12.0. The van der Waals surface area contributed by atoms with Gasteiger partial charge in [-0.05, 0) is 105 Å². The average Bonchev–Trinajstić information content (AvgIpc) is 2.89. The molecule has 4 rings (SSSR count). The van der Waals surface area contributed by atoms with Gasteiger partial charge in [0.15, 0.2) is 0 Å². The fourth-order valence-electron chi connectivity index (χ4n) is 7.29. The van der Waals surface area contributed by atoms with Gasteiger partial charge >= 0.3 is 0 Å². The van der Waals surface area contributed by atoms with Crippen molar-refractivity contribution < 1.29 is 4.74 Å². The summed E-state index contributed by atoms with van der Waals surface area (Å²) in [5.74, 6) is 6.32. The van der Waals surface area contributed by atoms with Gasteiger partial charge in [-0.1, -0.05) is 83.1 Å². The van der Waals surface area contributed by atoms with Crippen LogP contribution in [0.2, 0.25) is 0 Å². The zero-order valence-electron chi connectivity index (χ0n) is 22.4. The van der Waals surface area contributed by atoms with Crippen molar-refractivity contribution in [3.8, 4) is 5.75 Å². The monoisotopic (exact) mass is 464 g/mol. The first kappa shape index (κ1) is 25.8. The highest BCUT2D eigenvalue weighted by molar-refractivity contribution is 5.30. The van der Waals surface area contributed by atoms with Gasteiger partial charge in [0.25, 0.3) is 0 Å². The highest BCUT2D eigenvalue weighted by Crippen LogP contribution is 2.44. The van der Waals surface area contributed by atoms with E-state index in [0.717, 1.165) is 41.9 Å². The minimum absolute atomic E-state index is 0.592. The lowest BCUT2D eigenvalue weighted by Crippen LogP contribution is -2.25. The molecule has 0 spiro atoms. The lowest BCUT2D eigenvalue weighted by molar-refractivity contribution is 0.156. The highest BCUT2D eigenvalue weighted by atomic mass is 16.5. The topological polar surface area (TPSA) is 9.23 Å². The first-order valence-electron chi connectivity index (χ1n) is 15.2. The van der Waals surface area contributed by atoms with Crippen molar-refractivity contribution in [2.45, 2.75) is 122 Å². The smallest absolute Gasteiger partial charge is 0.119 e. The van der Waals surface area contributed by atoms with E-state index in [4.69, 9.17) is 4.74 Å². The summed E-state index contributed by atoms with van der Waals surface area (Å²) in [6.45, 7) is 5.48. The number of hydrogen-bond acceptors (Lipinski definition) is 1. The van der Waals surface area contributed by atoms with E-state index in [1.807, 2.05) is 0 Å². The maximum absolute atomic E-state index is 6.19. The Hall–Kier alpha value is -1.24. The maximum Gasteiger partial charge on any atom is 0.119 e. The molecule has 0 bridgehead atoms. The Morgan fingerprint density at radius 1 is 0.647 bits per heavy atom. The van der Waals surface area contributed by atoms with Crippen molar-refractivity contribution in [3.05, 3.63) is 42.0 Å². The van der Waals surface area contributed by atoms with Crippen LogP contribution in [0.25, 0.3) is 0 Å². The lowest BCUT2D eigenvalue weighted by Gasteiger charge is -2.38. The number of ether oxygens (including phenoxy) is 1. The second-order valence-electron chi connectivity index (χ2n) is 12.0. The van der Waals surface area contributed by atoms with Crippen molar-refractivity contribution in [1.29, 1.82) is 0 Å². The van der Waals surface area contributed by atoms with E-state index in [1.54, 1.807) is 5.56 Å². The average molecular weight is 465 g/mol. The molecule has 0 saturated heterocycles. The van der Waals surface area contributed by atoms with E-state index in [0.29, 0.717) is 5.92 Å². The molecule has 1 heteroatoms. The van der Waals surface area contributed by atoms with Gasteiger partial charge in [0.1, 0.15) is 5.75 Å². The third kappa shape index (κ3) is 7.63.